The van der Waals surface area contributed by atoms with Gasteiger partial charge in [-0.3, -0.25) is 0 Å². The molecule has 1 N–H and O–H groups in total. The van der Waals surface area contributed by atoms with Gasteiger partial charge in [-0.2, -0.15) is 13.2 Å². The van der Waals surface area contributed by atoms with E-state index in [1.165, 1.54) is 6.92 Å². The number of ether oxygens (including phenoxy) is 1. The lowest BCUT2D eigenvalue weighted by atomic mass is 10.2. The predicted octanol–water partition coefficient (Wildman–Crippen LogP) is 2.79. The second-order valence-electron chi connectivity index (χ2n) is 3.65. The Morgan fingerprint density at radius 2 is 1.95 bits per heavy atom. The van der Waals surface area contributed by atoms with E-state index in [1.807, 2.05) is 0 Å². The highest BCUT2D eigenvalue weighted by Crippen LogP contribution is 2.23. The summed E-state index contributed by atoms with van der Waals surface area (Å²) in [6, 6.07) is 8.58. The van der Waals surface area contributed by atoms with Crippen molar-refractivity contribution in [3.05, 3.63) is 47.7 Å². The molecule has 0 aliphatic heterocycles. The van der Waals surface area contributed by atoms with E-state index in [1.54, 1.807) is 30.3 Å². The van der Waals surface area contributed by atoms with Crippen LogP contribution >= 0.6 is 0 Å². The van der Waals surface area contributed by atoms with Crippen molar-refractivity contribution < 1.29 is 22.7 Å². The predicted molar refractivity (Wildman–Crippen MR) is 64.1 cm³/mol. The summed E-state index contributed by atoms with van der Waals surface area (Å²) >= 11 is 0. The van der Waals surface area contributed by atoms with Gasteiger partial charge in [-0.25, -0.2) is 4.79 Å². The lowest BCUT2D eigenvalue weighted by Gasteiger charge is -2.14. The van der Waals surface area contributed by atoms with Crippen molar-refractivity contribution in [1.29, 1.82) is 0 Å². The Hall–Kier alpha value is -1.98. The van der Waals surface area contributed by atoms with Crippen LogP contribution in [0.4, 0.5) is 13.2 Å². The second kappa shape index (κ2) is 6.82. The Kier molecular flexibility index (Phi) is 5.41. The van der Waals surface area contributed by atoms with Crippen molar-refractivity contribution in [2.24, 2.45) is 0 Å². The number of carbonyl (C=O) groups excluding carboxylic acids is 1. The number of carbonyl (C=O) groups is 1. The summed E-state index contributed by atoms with van der Waals surface area (Å²) in [6.45, 7) is 1.53. The molecule has 3 nitrogen and oxygen atoms in total. The van der Waals surface area contributed by atoms with Gasteiger partial charge >= 0.3 is 12.1 Å². The number of hydrogen-bond donors (Lipinski definition) is 1. The molecule has 0 bridgehead atoms. The van der Waals surface area contributed by atoms with Gasteiger partial charge in [0.2, 0.25) is 0 Å². The minimum Gasteiger partial charge on any atom is -0.463 e. The summed E-state index contributed by atoms with van der Waals surface area (Å²) in [5.74, 6) is -1.02. The molecule has 104 valence electrons. The molecule has 0 saturated carbocycles. The molecule has 0 amide bonds. The summed E-state index contributed by atoms with van der Waals surface area (Å²) in [4.78, 5) is 11.1. The maximum absolute atomic E-state index is 12.7. The third-order valence-electron chi connectivity index (χ3n) is 2.18. The fraction of sp³-hybridized carbons (Fsp3) is 0.308. The van der Waals surface area contributed by atoms with E-state index in [-0.39, 0.29) is 13.2 Å². The zero-order valence-corrected chi connectivity index (χ0v) is 10.3. The molecule has 0 spiro atoms. The first-order valence-electron chi connectivity index (χ1n) is 5.67. The number of allylic oxidation sites excluding steroid dienone is 1. The van der Waals surface area contributed by atoms with Crippen LogP contribution in [-0.4, -0.2) is 18.8 Å². The topological polar surface area (TPSA) is 38.3 Å². The summed E-state index contributed by atoms with van der Waals surface area (Å²) in [5, 5.41) is 2.20. The van der Waals surface area contributed by atoms with Crippen molar-refractivity contribution in [3.8, 4) is 0 Å². The number of halogens is 3. The van der Waals surface area contributed by atoms with Crippen LogP contribution in [0.5, 0.6) is 0 Å². The Bertz CT molecular complexity index is 441. The van der Waals surface area contributed by atoms with E-state index in [4.69, 9.17) is 0 Å². The van der Waals surface area contributed by atoms with Crippen LogP contribution in [0.1, 0.15) is 12.5 Å². The quantitative estimate of drug-likeness (QED) is 0.662. The average molecular weight is 273 g/mol. The van der Waals surface area contributed by atoms with E-state index in [0.717, 1.165) is 0 Å². The Morgan fingerprint density at radius 1 is 1.32 bits per heavy atom. The van der Waals surface area contributed by atoms with Gasteiger partial charge in [-0.1, -0.05) is 30.3 Å². The zero-order chi connectivity index (χ0) is 14.3. The molecule has 0 radical (unpaired) electrons. The monoisotopic (exact) mass is 273 g/mol. The molecular weight excluding hydrogens is 259 g/mol. The van der Waals surface area contributed by atoms with Crippen LogP contribution < -0.4 is 5.32 Å². The molecule has 0 heterocycles. The van der Waals surface area contributed by atoms with Crippen LogP contribution in [0.3, 0.4) is 0 Å². The molecule has 0 aliphatic rings. The van der Waals surface area contributed by atoms with Gasteiger partial charge in [0.1, 0.15) is 5.70 Å². The lowest BCUT2D eigenvalue weighted by Crippen LogP contribution is -2.27. The number of nitrogens with one attached hydrogen (secondary N) is 1. The van der Waals surface area contributed by atoms with Gasteiger partial charge in [-0.05, 0) is 12.5 Å². The lowest BCUT2D eigenvalue weighted by molar-refractivity contribution is -0.138. The molecule has 1 aromatic rings. The normalized spacial score (nSPS) is 12.1. The molecule has 6 heteroatoms. The van der Waals surface area contributed by atoms with Crippen molar-refractivity contribution >= 4 is 5.97 Å². The molecule has 0 fully saturated rings. The largest absolute Gasteiger partial charge is 0.463 e. The van der Waals surface area contributed by atoms with Crippen molar-refractivity contribution in [2.45, 2.75) is 19.6 Å². The minimum atomic E-state index is -4.62. The smallest absolute Gasteiger partial charge is 0.431 e. The Labute approximate surface area is 109 Å². The van der Waals surface area contributed by atoms with Crippen LogP contribution in [0.25, 0.3) is 0 Å². The molecule has 0 aliphatic carbocycles. The van der Waals surface area contributed by atoms with Gasteiger partial charge in [0.05, 0.1) is 12.7 Å². The maximum atomic E-state index is 12.7. The van der Waals surface area contributed by atoms with Crippen LogP contribution in [0.15, 0.2) is 42.1 Å². The summed E-state index contributed by atoms with van der Waals surface area (Å²) in [6.07, 6.45) is -4.20. The first kappa shape index (κ1) is 15.1. The molecule has 0 saturated heterocycles. The molecular formula is C13H14F3NO2. The van der Waals surface area contributed by atoms with Gasteiger partial charge in [0, 0.05) is 6.54 Å². The molecule has 0 unspecified atom stereocenters. The molecule has 1 aromatic carbocycles. The second-order valence-corrected chi connectivity index (χ2v) is 3.65. The van der Waals surface area contributed by atoms with Gasteiger partial charge in [0.25, 0.3) is 0 Å². The van der Waals surface area contributed by atoms with Crippen LogP contribution in [0, 0.1) is 0 Å². The summed E-state index contributed by atoms with van der Waals surface area (Å²) in [5.41, 5.74) is -0.434. The number of esters is 1. The van der Waals surface area contributed by atoms with Gasteiger partial charge in [0.15, 0.2) is 0 Å². The number of hydrogen-bond acceptors (Lipinski definition) is 3. The SMILES string of the molecule is CCOC(=O)/C=C(\NCc1ccccc1)C(F)(F)F. The van der Waals surface area contributed by atoms with Gasteiger partial charge in [-0.15, -0.1) is 0 Å². The van der Waals surface area contributed by atoms with Crippen molar-refractivity contribution in [1.82, 2.24) is 5.32 Å². The highest BCUT2D eigenvalue weighted by atomic mass is 19.4. The fourth-order valence-electron chi connectivity index (χ4n) is 1.33. The molecule has 1 rings (SSSR count). The first-order chi connectivity index (χ1) is 8.93. The van der Waals surface area contributed by atoms with E-state index < -0.39 is 17.8 Å². The van der Waals surface area contributed by atoms with Crippen molar-refractivity contribution in [3.63, 3.8) is 0 Å². The van der Waals surface area contributed by atoms with E-state index in [2.05, 4.69) is 10.1 Å². The molecule has 0 atom stereocenters. The van der Waals surface area contributed by atoms with Crippen molar-refractivity contribution in [2.75, 3.05) is 6.61 Å². The summed E-state index contributed by atoms with van der Waals surface area (Å²) < 4.78 is 42.5. The number of benzene rings is 1. The fourth-order valence-corrected chi connectivity index (χ4v) is 1.33. The van der Waals surface area contributed by atoms with Crippen LogP contribution in [-0.2, 0) is 16.1 Å². The highest BCUT2D eigenvalue weighted by Gasteiger charge is 2.34. The highest BCUT2D eigenvalue weighted by molar-refractivity contribution is 5.82. The number of rotatable bonds is 5. The van der Waals surface area contributed by atoms with E-state index >= 15 is 0 Å². The molecule has 19 heavy (non-hydrogen) atoms. The summed E-state index contributed by atoms with van der Waals surface area (Å²) in [7, 11) is 0. The standard InChI is InChI=1S/C13H14F3NO2/c1-2-19-12(18)8-11(13(14,15)16)17-9-10-6-4-3-5-7-10/h3-8,17H,2,9H2,1H3/b11-8-. The maximum Gasteiger partial charge on any atom is 0.431 e. The third kappa shape index (κ3) is 5.46. The van der Waals surface area contributed by atoms with E-state index in [0.29, 0.717) is 11.6 Å². The Morgan fingerprint density at radius 3 is 2.47 bits per heavy atom. The zero-order valence-electron chi connectivity index (χ0n) is 10.3. The first-order valence-corrected chi connectivity index (χ1v) is 5.67. The minimum absolute atomic E-state index is 0.0222. The molecule has 0 aromatic heterocycles. The Balaban J connectivity index is 2.74. The number of alkyl halides is 3. The van der Waals surface area contributed by atoms with Crippen LogP contribution in [0.2, 0.25) is 0 Å². The third-order valence-corrected chi connectivity index (χ3v) is 2.18. The van der Waals surface area contributed by atoms with E-state index in [9.17, 15) is 18.0 Å². The van der Waals surface area contributed by atoms with Gasteiger partial charge < -0.3 is 10.1 Å². The average Bonchev–Trinajstić information content (AvgIpc) is 2.34.